The van der Waals surface area contributed by atoms with E-state index >= 15 is 0 Å². The van der Waals surface area contributed by atoms with Gasteiger partial charge in [-0.15, -0.1) is 0 Å². The summed E-state index contributed by atoms with van der Waals surface area (Å²) in [7, 11) is 0. The van der Waals surface area contributed by atoms with Crippen LogP contribution in [0.15, 0.2) is 185 Å². The first kappa shape index (κ1) is 84.0. The van der Waals surface area contributed by atoms with Gasteiger partial charge in [0.25, 0.3) is 38.9 Å². The van der Waals surface area contributed by atoms with Crippen LogP contribution >= 0.6 is 0 Å². The van der Waals surface area contributed by atoms with E-state index in [0.717, 1.165) is 179 Å². The van der Waals surface area contributed by atoms with Crippen LogP contribution in [-0.2, 0) is 0 Å². The monoisotopic (exact) mass is 1520 g/mol. The van der Waals surface area contributed by atoms with Crippen LogP contribution in [0.2, 0.25) is 0 Å². The molecule has 16 aromatic rings. The van der Waals surface area contributed by atoms with Crippen molar-refractivity contribution in [2.75, 3.05) is 0 Å². The molecule has 23 heteroatoms. The van der Waals surface area contributed by atoms with Crippen LogP contribution in [0, 0.1) is 173 Å². The first-order chi connectivity index (χ1) is 53.3. The van der Waals surface area contributed by atoms with Gasteiger partial charge in [-0.2, -0.15) is 9.61 Å². The van der Waals surface area contributed by atoms with Gasteiger partial charge in [0.15, 0.2) is 0 Å². The van der Waals surface area contributed by atoms with Gasteiger partial charge < -0.3 is 0 Å². The molecule has 0 N–H and O–H groups in total. The highest BCUT2D eigenvalue weighted by atomic mass is 16.2. The topological polar surface area (TPSA) is 262 Å². The van der Waals surface area contributed by atoms with Gasteiger partial charge >= 0.3 is 5.69 Å². The van der Waals surface area contributed by atoms with Crippen molar-refractivity contribution in [1.82, 2.24) is 70.3 Å². The van der Waals surface area contributed by atoms with Gasteiger partial charge in [-0.05, 0) is 293 Å². The van der Waals surface area contributed by atoms with Gasteiger partial charge in [-0.25, -0.2) is 24.7 Å². The van der Waals surface area contributed by atoms with Gasteiger partial charge in [0.05, 0.1) is 50.7 Å². The molecule has 16 rings (SSSR count). The Labute approximate surface area is 654 Å². The van der Waals surface area contributed by atoms with Crippen molar-refractivity contribution in [1.29, 1.82) is 0 Å². The maximum Gasteiger partial charge on any atom is 0.352 e. The molecule has 0 unspecified atom stereocenters. The number of nitrogens with zero attached hydrogens (tertiary/aromatic N) is 15. The molecule has 16 aromatic heterocycles. The number of hydrogen-bond donors (Lipinski definition) is 0. The Morgan fingerprint density at radius 2 is 0.690 bits per heavy atom. The minimum Gasteiger partial charge on any atom is -0.281 e. The lowest BCUT2D eigenvalue weighted by Crippen LogP contribution is -2.20. The summed E-state index contributed by atoms with van der Waals surface area (Å²) in [4.78, 5) is 118. The largest absolute Gasteiger partial charge is 0.352 e. The van der Waals surface area contributed by atoms with Gasteiger partial charge in [0.2, 0.25) is 0 Å². The van der Waals surface area contributed by atoms with Crippen molar-refractivity contribution >= 4 is 44.4 Å². The molecule has 0 aliphatic carbocycles. The second-order valence-electron chi connectivity index (χ2n) is 28.9. The van der Waals surface area contributed by atoms with Crippen molar-refractivity contribution in [2.45, 2.75) is 173 Å². The maximum absolute atomic E-state index is 12.0. The zero-order chi connectivity index (χ0) is 83.2. The van der Waals surface area contributed by atoms with Crippen molar-refractivity contribution in [2.24, 2.45) is 0 Å². The molecule has 582 valence electrons. The van der Waals surface area contributed by atoms with Gasteiger partial charge in [-0.1, -0.05) is 36.4 Å². The number of aromatic nitrogens is 15. The number of pyridine rings is 9. The smallest absolute Gasteiger partial charge is 0.281 e. The minimum atomic E-state index is -0.198. The second-order valence-corrected chi connectivity index (χ2v) is 28.9. The van der Waals surface area contributed by atoms with E-state index in [1.165, 1.54) is 28.4 Å². The summed E-state index contributed by atoms with van der Waals surface area (Å²) >= 11 is 0. The minimum absolute atomic E-state index is 0.00167. The van der Waals surface area contributed by atoms with Crippen LogP contribution in [0.4, 0.5) is 0 Å². The van der Waals surface area contributed by atoms with E-state index in [0.29, 0.717) is 0 Å². The summed E-state index contributed by atoms with van der Waals surface area (Å²) in [5.41, 5.74) is 31.7. The molecule has 0 aliphatic heterocycles. The molecule has 113 heavy (non-hydrogen) atoms. The summed E-state index contributed by atoms with van der Waals surface area (Å²) in [6.07, 6.45) is 11.5. The molecule has 0 aromatic carbocycles. The van der Waals surface area contributed by atoms with Crippen LogP contribution in [0.3, 0.4) is 0 Å². The Morgan fingerprint density at radius 3 is 1.27 bits per heavy atom. The number of aryl methyl sites for hydroxylation is 25. The molecule has 16 heterocycles. The Bertz CT molecular complexity index is 6870. The lowest BCUT2D eigenvalue weighted by Gasteiger charge is -2.12. The normalized spacial score (nSPS) is 10.8. The Hall–Kier alpha value is -13.1. The summed E-state index contributed by atoms with van der Waals surface area (Å²) < 4.78 is 13.3. The Balaban J connectivity index is 0.000000148. The highest BCUT2D eigenvalue weighted by Gasteiger charge is 2.14. The molecule has 0 fully saturated rings. The molecule has 0 atom stereocenters. The fraction of sp³-hybridized carbons (Fsp3) is 0.278. The zero-order valence-electron chi connectivity index (χ0n) is 69.3. The quantitative estimate of drug-likeness (QED) is 0.137. The molecule has 0 spiro atoms. The SMILES string of the molecule is Cc1cc(=O)n2c(C)ncc(C)c2c1C.Cc1cc(C)c2c(C)ncc(=O)n2c1C.Cc1cc(C)c2c(C)ncc(C)n2c1=O.Cc1cc(C)n2c(=O)ncc(C)c2c1C.Cc1ccc(=O)n2c(C)ccnc12.Cc1ccc(C)n2c(=O)ccc(C)c12.Cc1ccc(C)n2c(=O)ccnc12.Cc1ccnn2c(=O)ccc(C)c12. The lowest BCUT2D eigenvalue weighted by atomic mass is 10.1. The highest BCUT2D eigenvalue weighted by molar-refractivity contribution is 5.65. The zero-order valence-corrected chi connectivity index (χ0v) is 69.3. The molecule has 23 nitrogen and oxygen atoms in total. The highest BCUT2D eigenvalue weighted by Crippen LogP contribution is 2.22. The van der Waals surface area contributed by atoms with E-state index < -0.39 is 0 Å². The number of fused-ring (bicyclic) bond motifs is 8. The standard InChI is InChI=1S/4C12H14N2O.C12H13NO.3C10H10N2O/c1-7-5-11(15)14-10(4)13-6-8(2)12(14)9(7)3;1-7-5-9(3)14-11(10(7)4)8(2)6-13-12(14)15;1-7-5-8(2)12-9(3)13-6-11(15)14(12)10(7)4;1-7-5-8(2)12(15)14-9(3)6-13-10(4)11(7)14;1-8-4-6-10(3)13-11(14)7-5-9(2)12(8)13;1-7-3-4-9(13)12-8(2)5-6-11-10(7)12;1-7-3-4-9(13)12-10(7)8(2)5-6-11-12;1-7-3-4-8(2)12-9(13)5-6-11-10(7)12/h4*5-6H,1-4H3;4-7H,1-3H3;3*3-6H,1-2H3. The van der Waals surface area contributed by atoms with E-state index in [2.05, 4.69) is 54.1 Å². The summed E-state index contributed by atoms with van der Waals surface area (Å²) in [6.45, 7) is 49.1. The van der Waals surface area contributed by atoms with Crippen LogP contribution in [-0.4, -0.2) is 70.3 Å². The van der Waals surface area contributed by atoms with E-state index in [4.69, 9.17) is 0 Å². The summed E-state index contributed by atoms with van der Waals surface area (Å²) in [6, 6.07) is 31.0. The number of rotatable bonds is 0. The predicted molar refractivity (Wildman–Crippen MR) is 452 cm³/mol. The van der Waals surface area contributed by atoms with Crippen molar-refractivity contribution < 1.29 is 0 Å². The van der Waals surface area contributed by atoms with Crippen molar-refractivity contribution in [3.8, 4) is 0 Å². The Morgan fingerprint density at radius 1 is 0.239 bits per heavy atom. The van der Waals surface area contributed by atoms with E-state index in [1.54, 1.807) is 86.1 Å². The average Bonchev–Trinajstić information content (AvgIpc) is 0.785. The molecular weight excluding hydrogens is 1420 g/mol. The third kappa shape index (κ3) is 17.6. The van der Waals surface area contributed by atoms with Gasteiger partial charge in [0.1, 0.15) is 17.1 Å². The molecule has 0 amide bonds. The molecule has 0 saturated carbocycles. The van der Waals surface area contributed by atoms with Gasteiger partial charge in [-0.3, -0.25) is 74.3 Å². The Kier molecular flexibility index (Phi) is 25.9. The lowest BCUT2D eigenvalue weighted by molar-refractivity contribution is 0.876. The third-order valence-electron chi connectivity index (χ3n) is 20.3. The van der Waals surface area contributed by atoms with Gasteiger partial charge in [0, 0.05) is 107 Å². The van der Waals surface area contributed by atoms with Crippen LogP contribution < -0.4 is 44.6 Å². The fourth-order valence-electron chi connectivity index (χ4n) is 14.2. The first-order valence-electron chi connectivity index (χ1n) is 37.0. The van der Waals surface area contributed by atoms with E-state index in [-0.39, 0.29) is 44.6 Å². The molecule has 0 aliphatic rings. The molecule has 0 bridgehead atoms. The molecule has 0 radical (unpaired) electrons. The summed E-state index contributed by atoms with van der Waals surface area (Å²) in [5, 5.41) is 4.01. The average molecular weight is 1520 g/mol. The van der Waals surface area contributed by atoms with Crippen LogP contribution in [0.5, 0.6) is 0 Å². The van der Waals surface area contributed by atoms with Crippen molar-refractivity contribution in [3.63, 3.8) is 0 Å². The summed E-state index contributed by atoms with van der Waals surface area (Å²) in [5.74, 6) is 0.740. The fourth-order valence-corrected chi connectivity index (χ4v) is 14.2. The van der Waals surface area contributed by atoms with Crippen molar-refractivity contribution in [3.05, 3.63) is 370 Å². The van der Waals surface area contributed by atoms with E-state index in [9.17, 15) is 38.4 Å². The first-order valence-corrected chi connectivity index (χ1v) is 37.0. The van der Waals surface area contributed by atoms with Crippen LogP contribution in [0.25, 0.3) is 44.4 Å². The number of hydrogen-bond acceptors (Lipinski definition) is 15. The van der Waals surface area contributed by atoms with E-state index in [1.807, 2.05) is 227 Å². The predicted octanol–water partition coefficient (Wildman–Crippen LogP) is 13.9. The second kappa shape index (κ2) is 34.9. The maximum atomic E-state index is 12.0. The molecule has 0 saturated heterocycles. The molecular formula is C90H99N15O8. The third-order valence-corrected chi connectivity index (χ3v) is 20.3. The van der Waals surface area contributed by atoms with Crippen LogP contribution in [0.1, 0.15) is 140 Å².